The molecule has 1 aliphatic heterocycles. The average molecular weight is 344 g/mol. The topological polar surface area (TPSA) is 85.0 Å². The molecule has 25 heavy (non-hydrogen) atoms. The fourth-order valence-electron chi connectivity index (χ4n) is 3.05. The molecule has 1 fully saturated rings. The van der Waals surface area contributed by atoms with Crippen molar-refractivity contribution in [1.29, 1.82) is 0 Å². The predicted molar refractivity (Wildman–Crippen MR) is 94.4 cm³/mol. The van der Waals surface area contributed by atoms with Crippen LogP contribution in [-0.2, 0) is 11.8 Å². The smallest absolute Gasteiger partial charge is 0.268 e. The van der Waals surface area contributed by atoms with Crippen LogP contribution in [0.3, 0.4) is 0 Å². The van der Waals surface area contributed by atoms with Crippen LogP contribution in [0, 0.1) is 5.92 Å². The summed E-state index contributed by atoms with van der Waals surface area (Å²) < 4.78 is 3.12. The van der Waals surface area contributed by atoms with E-state index in [1.54, 1.807) is 42.6 Å². The Balaban J connectivity index is 1.47. The molecule has 1 unspecified atom stereocenters. The van der Waals surface area contributed by atoms with Gasteiger partial charge in [0.2, 0.25) is 5.91 Å². The highest BCUT2D eigenvalue weighted by Crippen LogP contribution is 2.21. The zero-order chi connectivity index (χ0) is 17.8. The molecule has 1 saturated heterocycles. The molecule has 3 rings (SSSR count). The zero-order valence-corrected chi connectivity index (χ0v) is 14.6. The number of anilines is 1. The monoisotopic (exact) mass is 344 g/mol. The van der Waals surface area contributed by atoms with Gasteiger partial charge in [-0.1, -0.05) is 0 Å². The van der Waals surface area contributed by atoms with Crippen molar-refractivity contribution in [2.45, 2.75) is 25.8 Å². The van der Waals surface area contributed by atoms with E-state index in [0.717, 1.165) is 31.6 Å². The minimum absolute atomic E-state index is 0.0104. The Kier molecular flexibility index (Phi) is 5.16. The predicted octanol–water partition coefficient (Wildman–Crippen LogP) is 0.571. The lowest BCUT2D eigenvalue weighted by Crippen LogP contribution is -2.40. The molecule has 1 atom stereocenters. The van der Waals surface area contributed by atoms with Crippen molar-refractivity contribution in [2.24, 2.45) is 13.0 Å². The largest absolute Gasteiger partial charge is 0.370 e. The number of aryl methyl sites for hydroxylation is 1. The molecule has 3 heterocycles. The Morgan fingerprint density at radius 1 is 1.40 bits per heavy atom. The standard InChI is InChI=1S/C17H24N6O2/c1-13(23-8-5-18-12-23)17(25)19-10-14-3-6-22(7-4-14)15-9-16(24)21(2)20-11-15/h5,8-9,11-14H,3-4,6-7,10H2,1-2H3,(H,19,25). The number of carbonyl (C=O) groups excluding carboxylic acids is 1. The van der Waals surface area contributed by atoms with Gasteiger partial charge in [-0.3, -0.25) is 9.59 Å². The third kappa shape index (κ3) is 4.07. The first kappa shape index (κ1) is 17.2. The molecule has 8 nitrogen and oxygen atoms in total. The Morgan fingerprint density at radius 3 is 2.80 bits per heavy atom. The highest BCUT2D eigenvalue weighted by atomic mass is 16.2. The molecule has 1 N–H and O–H groups in total. The van der Waals surface area contributed by atoms with Crippen LogP contribution < -0.4 is 15.8 Å². The van der Waals surface area contributed by atoms with Crippen molar-refractivity contribution < 1.29 is 4.79 Å². The normalized spacial score (nSPS) is 16.6. The summed E-state index contributed by atoms with van der Waals surface area (Å²) in [5.41, 5.74) is 0.777. The SMILES string of the molecule is CC(C(=O)NCC1CCN(c2cnn(C)c(=O)c2)CC1)n1ccnc1. The molecular formula is C17H24N6O2. The first-order chi connectivity index (χ1) is 12.0. The maximum Gasteiger partial charge on any atom is 0.268 e. The molecule has 2 aromatic heterocycles. The number of hydrogen-bond donors (Lipinski definition) is 1. The van der Waals surface area contributed by atoms with E-state index < -0.39 is 0 Å². The van der Waals surface area contributed by atoms with E-state index in [1.807, 2.05) is 6.92 Å². The Bertz CT molecular complexity index is 762. The molecule has 1 amide bonds. The van der Waals surface area contributed by atoms with E-state index in [1.165, 1.54) is 4.68 Å². The lowest BCUT2D eigenvalue weighted by atomic mass is 9.96. The van der Waals surface area contributed by atoms with Crippen LogP contribution in [0.15, 0.2) is 35.8 Å². The summed E-state index contributed by atoms with van der Waals surface area (Å²) in [5.74, 6) is 0.464. The molecule has 134 valence electrons. The number of rotatable bonds is 5. The van der Waals surface area contributed by atoms with Gasteiger partial charge in [0.05, 0.1) is 18.2 Å². The maximum absolute atomic E-state index is 12.2. The molecular weight excluding hydrogens is 320 g/mol. The lowest BCUT2D eigenvalue weighted by molar-refractivity contribution is -0.124. The number of nitrogens with zero attached hydrogens (tertiary/aromatic N) is 5. The number of hydrogen-bond acceptors (Lipinski definition) is 5. The van der Waals surface area contributed by atoms with E-state index in [-0.39, 0.29) is 17.5 Å². The van der Waals surface area contributed by atoms with Crippen LogP contribution in [0.5, 0.6) is 0 Å². The van der Waals surface area contributed by atoms with Crippen molar-refractivity contribution in [1.82, 2.24) is 24.6 Å². The molecule has 0 bridgehead atoms. The maximum atomic E-state index is 12.2. The van der Waals surface area contributed by atoms with Crippen LogP contribution in [0.4, 0.5) is 5.69 Å². The molecule has 1 aliphatic rings. The Labute approximate surface area is 146 Å². The number of amides is 1. The second-order valence-electron chi connectivity index (χ2n) is 6.54. The van der Waals surface area contributed by atoms with Crippen LogP contribution in [0.1, 0.15) is 25.8 Å². The highest BCUT2D eigenvalue weighted by Gasteiger charge is 2.22. The number of carbonyl (C=O) groups is 1. The zero-order valence-electron chi connectivity index (χ0n) is 14.6. The van der Waals surface area contributed by atoms with Gasteiger partial charge in [-0.05, 0) is 25.7 Å². The van der Waals surface area contributed by atoms with Gasteiger partial charge in [0.1, 0.15) is 6.04 Å². The Hall–Kier alpha value is -2.64. The lowest BCUT2D eigenvalue weighted by Gasteiger charge is -2.33. The molecule has 2 aromatic rings. The van der Waals surface area contributed by atoms with Crippen LogP contribution in [0.25, 0.3) is 0 Å². The van der Waals surface area contributed by atoms with Crippen molar-refractivity contribution in [2.75, 3.05) is 24.5 Å². The van der Waals surface area contributed by atoms with E-state index in [0.29, 0.717) is 12.5 Å². The summed E-state index contributed by atoms with van der Waals surface area (Å²) in [4.78, 5) is 30.1. The third-order valence-corrected chi connectivity index (χ3v) is 4.85. The van der Waals surface area contributed by atoms with E-state index in [9.17, 15) is 9.59 Å². The molecule has 0 aromatic carbocycles. The minimum atomic E-state index is -0.255. The van der Waals surface area contributed by atoms with Gasteiger partial charge in [0.15, 0.2) is 0 Å². The summed E-state index contributed by atoms with van der Waals surface area (Å²) in [7, 11) is 1.64. The summed E-state index contributed by atoms with van der Waals surface area (Å²) >= 11 is 0. The average Bonchev–Trinajstić information content (AvgIpc) is 3.16. The summed E-state index contributed by atoms with van der Waals surface area (Å²) in [6, 6.07) is 1.37. The fraction of sp³-hybridized carbons (Fsp3) is 0.529. The van der Waals surface area contributed by atoms with Gasteiger partial charge < -0.3 is 14.8 Å². The molecule has 8 heteroatoms. The van der Waals surface area contributed by atoms with E-state index in [4.69, 9.17) is 0 Å². The minimum Gasteiger partial charge on any atom is -0.370 e. The summed E-state index contributed by atoms with van der Waals surface area (Å²) in [5, 5.41) is 7.11. The Morgan fingerprint density at radius 2 is 2.16 bits per heavy atom. The number of aromatic nitrogens is 4. The van der Waals surface area contributed by atoms with Crippen LogP contribution >= 0.6 is 0 Å². The number of piperidine rings is 1. The van der Waals surface area contributed by atoms with Gasteiger partial charge >= 0.3 is 0 Å². The summed E-state index contributed by atoms with van der Waals surface area (Å²) in [6.07, 6.45) is 8.81. The van der Waals surface area contributed by atoms with Crippen molar-refractivity contribution in [3.63, 3.8) is 0 Å². The molecule has 0 saturated carbocycles. The molecule has 0 radical (unpaired) electrons. The van der Waals surface area contributed by atoms with Crippen molar-refractivity contribution in [3.05, 3.63) is 41.3 Å². The second-order valence-corrected chi connectivity index (χ2v) is 6.54. The number of nitrogens with one attached hydrogen (secondary N) is 1. The highest BCUT2D eigenvalue weighted by molar-refractivity contribution is 5.79. The summed E-state index contributed by atoms with van der Waals surface area (Å²) in [6.45, 7) is 4.28. The van der Waals surface area contributed by atoms with Gasteiger partial charge in [0.25, 0.3) is 5.56 Å². The van der Waals surface area contributed by atoms with Crippen molar-refractivity contribution in [3.8, 4) is 0 Å². The number of imidazole rings is 1. The van der Waals surface area contributed by atoms with E-state index in [2.05, 4.69) is 20.3 Å². The van der Waals surface area contributed by atoms with Gasteiger partial charge in [-0.2, -0.15) is 5.10 Å². The molecule has 0 aliphatic carbocycles. The van der Waals surface area contributed by atoms with Gasteiger partial charge in [0, 0.05) is 45.1 Å². The molecule has 0 spiro atoms. The van der Waals surface area contributed by atoms with Crippen molar-refractivity contribution >= 4 is 11.6 Å². The quantitative estimate of drug-likeness (QED) is 0.857. The second kappa shape index (κ2) is 7.50. The first-order valence-corrected chi connectivity index (χ1v) is 8.58. The van der Waals surface area contributed by atoms with Gasteiger partial charge in [-0.15, -0.1) is 0 Å². The van der Waals surface area contributed by atoms with Crippen LogP contribution in [0.2, 0.25) is 0 Å². The fourth-order valence-corrected chi connectivity index (χ4v) is 3.05. The van der Waals surface area contributed by atoms with Gasteiger partial charge in [-0.25, -0.2) is 9.67 Å². The van der Waals surface area contributed by atoms with Crippen LogP contribution in [-0.4, -0.2) is 44.9 Å². The van der Waals surface area contributed by atoms with E-state index >= 15 is 0 Å². The first-order valence-electron chi connectivity index (χ1n) is 8.58. The third-order valence-electron chi connectivity index (χ3n) is 4.85.